The number of nitrogens with one attached hydrogen (secondary N) is 2. The molecule has 3 heteroatoms. The van der Waals surface area contributed by atoms with Crippen LogP contribution in [0.1, 0.15) is 41.6 Å². The number of hydrogen-bond donors (Lipinski definition) is 2. The third kappa shape index (κ3) is 4.31. The molecule has 2 N–H and O–H groups in total. The van der Waals surface area contributed by atoms with E-state index in [2.05, 4.69) is 68.7 Å². The Hall–Kier alpha value is -1.87. The summed E-state index contributed by atoms with van der Waals surface area (Å²) in [6.07, 6.45) is 0.986. The van der Waals surface area contributed by atoms with Gasteiger partial charge in [0.1, 0.15) is 0 Å². The average Bonchev–Trinajstić information content (AvgIpc) is 2.45. The van der Waals surface area contributed by atoms with Gasteiger partial charge in [-0.2, -0.15) is 0 Å². The molecule has 0 bridgehead atoms. The summed E-state index contributed by atoms with van der Waals surface area (Å²) in [5.41, 5.74) is 6.14. The van der Waals surface area contributed by atoms with Crippen LogP contribution >= 0.6 is 12.2 Å². The normalized spacial score (nSPS) is 11.8. The van der Waals surface area contributed by atoms with E-state index in [0.29, 0.717) is 5.11 Å². The predicted molar refractivity (Wildman–Crippen MR) is 99.5 cm³/mol. The minimum Gasteiger partial charge on any atom is -0.356 e. The maximum Gasteiger partial charge on any atom is 0.171 e. The molecule has 2 aromatic carbocycles. The highest BCUT2D eigenvalue weighted by Gasteiger charge is 2.13. The minimum absolute atomic E-state index is 0.227. The van der Waals surface area contributed by atoms with Gasteiger partial charge >= 0.3 is 0 Å². The van der Waals surface area contributed by atoms with Gasteiger partial charge in [0.2, 0.25) is 0 Å². The van der Waals surface area contributed by atoms with Gasteiger partial charge in [-0.05, 0) is 68.2 Å². The summed E-state index contributed by atoms with van der Waals surface area (Å²) in [5, 5.41) is 7.36. The maximum absolute atomic E-state index is 5.47. The van der Waals surface area contributed by atoms with Gasteiger partial charge in [-0.3, -0.25) is 0 Å². The number of thiocarbonyl (C=S) groups is 1. The number of aryl methyl sites for hydroxylation is 3. The van der Waals surface area contributed by atoms with Crippen LogP contribution in [0, 0.1) is 20.8 Å². The second kappa shape index (κ2) is 7.41. The first-order valence-electron chi connectivity index (χ1n) is 7.71. The maximum atomic E-state index is 5.47. The summed E-state index contributed by atoms with van der Waals surface area (Å²) in [6, 6.07) is 15.0. The Bertz CT molecular complexity index is 664. The van der Waals surface area contributed by atoms with Crippen molar-refractivity contribution in [3.8, 4) is 0 Å². The molecule has 0 aromatic heterocycles. The third-order valence-corrected chi connectivity index (χ3v) is 4.01. The lowest BCUT2D eigenvalue weighted by molar-refractivity contribution is 0.625. The molecule has 0 heterocycles. The van der Waals surface area contributed by atoms with E-state index < -0.39 is 0 Å². The fourth-order valence-corrected chi connectivity index (χ4v) is 2.92. The van der Waals surface area contributed by atoms with Crippen LogP contribution in [-0.2, 0) is 0 Å². The lowest BCUT2D eigenvalue weighted by Crippen LogP contribution is -2.32. The van der Waals surface area contributed by atoms with Crippen LogP contribution in [0.4, 0.5) is 5.69 Å². The molecule has 2 aromatic rings. The Morgan fingerprint density at radius 2 is 1.77 bits per heavy atom. The standard InChI is InChI=1S/C19H24N2S/c1-5-18(17-10-9-14(3)11-15(17)4)21-19(22)20-16-8-6-7-13(2)12-16/h6-12,18H,5H2,1-4H3,(H2,20,21,22). The van der Waals surface area contributed by atoms with Gasteiger partial charge in [0.05, 0.1) is 6.04 Å². The van der Waals surface area contributed by atoms with Crippen molar-refractivity contribution in [1.29, 1.82) is 0 Å². The van der Waals surface area contributed by atoms with Crippen molar-refractivity contribution >= 4 is 23.0 Å². The fraction of sp³-hybridized carbons (Fsp3) is 0.316. The van der Waals surface area contributed by atoms with Crippen molar-refractivity contribution in [2.45, 2.75) is 40.2 Å². The molecule has 0 aliphatic rings. The van der Waals surface area contributed by atoms with E-state index in [9.17, 15) is 0 Å². The first kappa shape index (κ1) is 16.5. The molecule has 1 unspecified atom stereocenters. The molecule has 0 radical (unpaired) electrons. The highest BCUT2D eigenvalue weighted by atomic mass is 32.1. The number of benzene rings is 2. The highest BCUT2D eigenvalue weighted by molar-refractivity contribution is 7.80. The van der Waals surface area contributed by atoms with Crippen molar-refractivity contribution < 1.29 is 0 Å². The smallest absolute Gasteiger partial charge is 0.171 e. The topological polar surface area (TPSA) is 24.1 Å². The zero-order valence-electron chi connectivity index (χ0n) is 13.7. The summed E-state index contributed by atoms with van der Waals surface area (Å²) in [6.45, 7) is 8.53. The van der Waals surface area contributed by atoms with Crippen LogP contribution in [0.2, 0.25) is 0 Å². The summed E-state index contributed by atoms with van der Waals surface area (Å²) >= 11 is 5.47. The summed E-state index contributed by atoms with van der Waals surface area (Å²) in [4.78, 5) is 0. The molecule has 1 atom stereocenters. The molecule has 0 aliphatic heterocycles. The summed E-state index contributed by atoms with van der Waals surface area (Å²) < 4.78 is 0. The monoisotopic (exact) mass is 312 g/mol. The second-order valence-electron chi connectivity index (χ2n) is 5.79. The predicted octanol–water partition coefficient (Wildman–Crippen LogP) is 5.05. The molecule has 0 aliphatic carbocycles. The molecule has 0 saturated heterocycles. The quantitative estimate of drug-likeness (QED) is 0.773. The first-order chi connectivity index (χ1) is 10.5. The van der Waals surface area contributed by atoms with Crippen molar-refractivity contribution in [3.05, 3.63) is 64.7 Å². The largest absolute Gasteiger partial charge is 0.356 e. The third-order valence-electron chi connectivity index (χ3n) is 3.79. The van der Waals surface area contributed by atoms with E-state index in [1.165, 1.54) is 22.3 Å². The second-order valence-corrected chi connectivity index (χ2v) is 6.20. The number of rotatable bonds is 4. The summed E-state index contributed by atoms with van der Waals surface area (Å²) in [7, 11) is 0. The minimum atomic E-state index is 0.227. The molecule has 2 rings (SSSR count). The van der Waals surface area contributed by atoms with Gasteiger partial charge in [-0.25, -0.2) is 0 Å². The lowest BCUT2D eigenvalue weighted by Gasteiger charge is -2.22. The average molecular weight is 312 g/mol. The van der Waals surface area contributed by atoms with E-state index in [4.69, 9.17) is 12.2 Å². The fourth-order valence-electron chi connectivity index (χ4n) is 2.66. The molecule has 0 saturated carbocycles. The van der Waals surface area contributed by atoms with E-state index in [-0.39, 0.29) is 6.04 Å². The van der Waals surface area contributed by atoms with Crippen molar-refractivity contribution in [3.63, 3.8) is 0 Å². The lowest BCUT2D eigenvalue weighted by atomic mass is 9.98. The van der Waals surface area contributed by atoms with E-state index >= 15 is 0 Å². The molecule has 0 spiro atoms. The van der Waals surface area contributed by atoms with Crippen LogP contribution < -0.4 is 10.6 Å². The number of anilines is 1. The van der Waals surface area contributed by atoms with Gasteiger partial charge in [-0.15, -0.1) is 0 Å². The molecule has 116 valence electrons. The van der Waals surface area contributed by atoms with Crippen LogP contribution in [0.25, 0.3) is 0 Å². The highest BCUT2D eigenvalue weighted by Crippen LogP contribution is 2.22. The van der Waals surface area contributed by atoms with Gasteiger partial charge < -0.3 is 10.6 Å². The summed E-state index contributed by atoms with van der Waals surface area (Å²) in [5.74, 6) is 0. The number of hydrogen-bond acceptors (Lipinski definition) is 1. The van der Waals surface area contributed by atoms with E-state index in [1.54, 1.807) is 0 Å². The van der Waals surface area contributed by atoms with Gasteiger partial charge in [0.25, 0.3) is 0 Å². The van der Waals surface area contributed by atoms with E-state index in [1.807, 2.05) is 12.1 Å². The van der Waals surface area contributed by atoms with Gasteiger partial charge in [0.15, 0.2) is 5.11 Å². The van der Waals surface area contributed by atoms with Crippen LogP contribution in [0.3, 0.4) is 0 Å². The zero-order chi connectivity index (χ0) is 16.1. The molecular formula is C19H24N2S. The Balaban J connectivity index is 2.08. The van der Waals surface area contributed by atoms with Crippen molar-refractivity contribution in [1.82, 2.24) is 5.32 Å². The zero-order valence-corrected chi connectivity index (χ0v) is 14.6. The van der Waals surface area contributed by atoms with Gasteiger partial charge in [-0.1, -0.05) is 42.8 Å². The molecule has 0 fully saturated rings. The Morgan fingerprint density at radius 3 is 2.41 bits per heavy atom. The Labute approximate surface area is 139 Å². The first-order valence-corrected chi connectivity index (χ1v) is 8.11. The van der Waals surface area contributed by atoms with Gasteiger partial charge in [0, 0.05) is 5.69 Å². The van der Waals surface area contributed by atoms with Crippen LogP contribution in [-0.4, -0.2) is 5.11 Å². The molecular weight excluding hydrogens is 288 g/mol. The van der Waals surface area contributed by atoms with Crippen LogP contribution in [0.5, 0.6) is 0 Å². The van der Waals surface area contributed by atoms with Crippen molar-refractivity contribution in [2.24, 2.45) is 0 Å². The Kier molecular flexibility index (Phi) is 5.56. The molecule has 22 heavy (non-hydrogen) atoms. The SMILES string of the molecule is CCC(NC(=S)Nc1cccc(C)c1)c1ccc(C)cc1C. The van der Waals surface area contributed by atoms with Crippen molar-refractivity contribution in [2.75, 3.05) is 5.32 Å². The molecule has 0 amide bonds. The molecule has 2 nitrogen and oxygen atoms in total. The van der Waals surface area contributed by atoms with E-state index in [0.717, 1.165) is 12.1 Å². The van der Waals surface area contributed by atoms with Crippen LogP contribution in [0.15, 0.2) is 42.5 Å². The Morgan fingerprint density at radius 1 is 1.05 bits per heavy atom.